The molecule has 1 fully saturated rings. The fourth-order valence-corrected chi connectivity index (χ4v) is 3.20. The zero-order chi connectivity index (χ0) is 19.2. The number of alkyl halides is 2. The number of nitrogens with zero attached hydrogens (tertiary/aromatic N) is 1. The van der Waals surface area contributed by atoms with Crippen molar-refractivity contribution in [2.45, 2.75) is 32.0 Å². The highest BCUT2D eigenvalue weighted by Crippen LogP contribution is 2.26. The first-order valence-corrected chi connectivity index (χ1v) is 8.93. The second kappa shape index (κ2) is 8.81. The van der Waals surface area contributed by atoms with Crippen molar-refractivity contribution in [2.24, 2.45) is 0 Å². The first-order chi connectivity index (χ1) is 13.0. The number of ether oxygens (including phenoxy) is 1. The summed E-state index contributed by atoms with van der Waals surface area (Å²) >= 11 is 0. The molecule has 1 amide bonds. The van der Waals surface area contributed by atoms with Crippen molar-refractivity contribution in [3.8, 4) is 5.75 Å². The van der Waals surface area contributed by atoms with Gasteiger partial charge in [0.05, 0.1) is 11.7 Å². The van der Waals surface area contributed by atoms with Gasteiger partial charge in [-0.3, -0.25) is 9.69 Å². The number of hydrogen-bond donors (Lipinski definition) is 2. The van der Waals surface area contributed by atoms with Gasteiger partial charge < -0.3 is 15.4 Å². The molecule has 5 nitrogen and oxygen atoms in total. The van der Waals surface area contributed by atoms with Crippen molar-refractivity contribution >= 4 is 17.3 Å². The Labute approximate surface area is 157 Å². The molecule has 1 heterocycles. The van der Waals surface area contributed by atoms with Gasteiger partial charge in [0.15, 0.2) is 0 Å². The van der Waals surface area contributed by atoms with E-state index in [0.29, 0.717) is 0 Å². The van der Waals surface area contributed by atoms with Gasteiger partial charge in [-0.05, 0) is 37.6 Å². The molecule has 3 rings (SSSR count). The lowest BCUT2D eigenvalue weighted by Gasteiger charge is -2.24. The summed E-state index contributed by atoms with van der Waals surface area (Å²) in [5.74, 6) is -0.293. The number of carbonyl (C=O) groups is 1. The molecule has 2 N–H and O–H groups in total. The summed E-state index contributed by atoms with van der Waals surface area (Å²) in [5.41, 5.74) is 1.30. The van der Waals surface area contributed by atoms with E-state index in [2.05, 4.69) is 20.3 Å². The number of benzene rings is 2. The summed E-state index contributed by atoms with van der Waals surface area (Å²) in [6.45, 7) is 0.396. The smallest absolute Gasteiger partial charge is 0.387 e. The van der Waals surface area contributed by atoms with Crippen LogP contribution < -0.4 is 15.4 Å². The molecule has 1 aliphatic heterocycles. The van der Waals surface area contributed by atoms with Gasteiger partial charge in [-0.1, -0.05) is 30.3 Å². The van der Waals surface area contributed by atoms with Crippen LogP contribution in [-0.2, 0) is 4.79 Å². The van der Waals surface area contributed by atoms with Crippen LogP contribution in [0, 0.1) is 0 Å². The molecule has 0 bridgehead atoms. The van der Waals surface area contributed by atoms with Gasteiger partial charge in [0.2, 0.25) is 5.91 Å². The Morgan fingerprint density at radius 1 is 1.15 bits per heavy atom. The van der Waals surface area contributed by atoms with Gasteiger partial charge in [0.1, 0.15) is 5.75 Å². The minimum atomic E-state index is -2.94. The average Bonchev–Trinajstić information content (AvgIpc) is 3.11. The quantitative estimate of drug-likeness (QED) is 0.773. The summed E-state index contributed by atoms with van der Waals surface area (Å²) in [4.78, 5) is 14.7. The molecule has 7 heteroatoms. The van der Waals surface area contributed by atoms with E-state index in [9.17, 15) is 13.6 Å². The standard InChI is InChI=1S/C20H23F2N3O2/c1-14(19(26)24-17-9-5-6-10-18(17)27-20(21)22)25-12-11-16(13-25)23-15-7-3-2-4-8-15/h2-10,14,16,20,23H,11-13H2,1H3,(H,24,26). The van der Waals surface area contributed by atoms with Crippen LogP contribution in [0.25, 0.3) is 0 Å². The monoisotopic (exact) mass is 375 g/mol. The van der Waals surface area contributed by atoms with E-state index in [4.69, 9.17) is 0 Å². The Kier molecular flexibility index (Phi) is 6.24. The number of amides is 1. The third kappa shape index (κ3) is 5.17. The minimum absolute atomic E-state index is 0.0434. The number of halogens is 2. The SMILES string of the molecule is CC(C(=O)Nc1ccccc1OC(F)F)N1CCC(Nc2ccccc2)C1. The molecule has 2 atom stereocenters. The second-order valence-electron chi connectivity index (χ2n) is 6.53. The molecular formula is C20H23F2N3O2. The van der Waals surface area contributed by atoms with Gasteiger partial charge in [-0.2, -0.15) is 8.78 Å². The van der Waals surface area contributed by atoms with Crippen LogP contribution in [0.3, 0.4) is 0 Å². The Morgan fingerprint density at radius 2 is 1.85 bits per heavy atom. The predicted molar refractivity (Wildman–Crippen MR) is 101 cm³/mol. The highest BCUT2D eigenvalue weighted by atomic mass is 19.3. The normalized spacial score (nSPS) is 18.3. The number of para-hydroxylation sites is 3. The second-order valence-corrected chi connectivity index (χ2v) is 6.53. The Hall–Kier alpha value is -2.67. The summed E-state index contributed by atoms with van der Waals surface area (Å²) in [7, 11) is 0. The maximum atomic E-state index is 12.6. The Morgan fingerprint density at radius 3 is 2.59 bits per heavy atom. The number of carbonyl (C=O) groups excluding carboxylic acids is 1. The molecule has 27 heavy (non-hydrogen) atoms. The zero-order valence-corrected chi connectivity index (χ0v) is 15.1. The zero-order valence-electron chi connectivity index (χ0n) is 15.1. The maximum absolute atomic E-state index is 12.6. The van der Waals surface area contributed by atoms with Gasteiger partial charge in [-0.25, -0.2) is 0 Å². The van der Waals surface area contributed by atoms with Crippen molar-refractivity contribution in [1.29, 1.82) is 0 Å². The lowest BCUT2D eigenvalue weighted by atomic mass is 10.2. The van der Waals surface area contributed by atoms with Crippen LogP contribution in [0.2, 0.25) is 0 Å². The van der Waals surface area contributed by atoms with Crippen molar-refractivity contribution in [2.75, 3.05) is 23.7 Å². The minimum Gasteiger partial charge on any atom is -0.433 e. The third-order valence-electron chi connectivity index (χ3n) is 4.65. The Balaban J connectivity index is 1.57. The van der Waals surface area contributed by atoms with Crippen LogP contribution in [0.1, 0.15) is 13.3 Å². The molecule has 2 unspecified atom stereocenters. The molecule has 2 aromatic rings. The molecule has 0 aliphatic carbocycles. The van der Waals surface area contributed by atoms with Gasteiger partial charge in [0.25, 0.3) is 0 Å². The molecule has 0 radical (unpaired) electrons. The first kappa shape index (κ1) is 19.1. The number of likely N-dealkylation sites (tertiary alicyclic amines) is 1. The van der Waals surface area contributed by atoms with Gasteiger partial charge in [0, 0.05) is 24.8 Å². The maximum Gasteiger partial charge on any atom is 0.387 e. The van der Waals surface area contributed by atoms with Crippen molar-refractivity contribution in [3.05, 3.63) is 54.6 Å². The van der Waals surface area contributed by atoms with E-state index in [0.717, 1.165) is 25.2 Å². The molecule has 2 aromatic carbocycles. The number of hydrogen-bond acceptors (Lipinski definition) is 4. The third-order valence-corrected chi connectivity index (χ3v) is 4.65. The molecule has 1 saturated heterocycles. The molecule has 0 aromatic heterocycles. The van der Waals surface area contributed by atoms with E-state index >= 15 is 0 Å². The summed E-state index contributed by atoms with van der Waals surface area (Å²) in [5, 5.41) is 6.17. The van der Waals surface area contributed by atoms with Crippen LogP contribution >= 0.6 is 0 Å². The van der Waals surface area contributed by atoms with Gasteiger partial charge in [-0.15, -0.1) is 0 Å². The number of anilines is 2. The van der Waals surface area contributed by atoms with E-state index in [1.807, 2.05) is 37.3 Å². The largest absolute Gasteiger partial charge is 0.433 e. The molecule has 0 spiro atoms. The average molecular weight is 375 g/mol. The van der Waals surface area contributed by atoms with Crippen LogP contribution in [-0.4, -0.2) is 42.6 Å². The molecule has 144 valence electrons. The fourth-order valence-electron chi connectivity index (χ4n) is 3.20. The Bertz CT molecular complexity index is 758. The lowest BCUT2D eigenvalue weighted by molar-refractivity contribution is -0.120. The van der Waals surface area contributed by atoms with Crippen LogP contribution in [0.5, 0.6) is 5.75 Å². The lowest BCUT2D eigenvalue weighted by Crippen LogP contribution is -2.41. The van der Waals surface area contributed by atoms with Crippen LogP contribution in [0.4, 0.5) is 20.2 Å². The molecule has 1 aliphatic rings. The predicted octanol–water partition coefficient (Wildman–Crippen LogP) is 3.80. The van der Waals surface area contributed by atoms with Crippen molar-refractivity contribution in [1.82, 2.24) is 4.90 Å². The van der Waals surface area contributed by atoms with Crippen molar-refractivity contribution in [3.63, 3.8) is 0 Å². The van der Waals surface area contributed by atoms with E-state index in [1.165, 1.54) is 6.07 Å². The number of nitrogens with one attached hydrogen (secondary N) is 2. The van der Waals surface area contributed by atoms with Crippen LogP contribution in [0.15, 0.2) is 54.6 Å². The van der Waals surface area contributed by atoms with E-state index in [1.54, 1.807) is 18.2 Å². The van der Waals surface area contributed by atoms with Gasteiger partial charge >= 0.3 is 6.61 Å². The molecule has 0 saturated carbocycles. The first-order valence-electron chi connectivity index (χ1n) is 8.93. The summed E-state index contributed by atoms with van der Waals surface area (Å²) < 4.78 is 29.5. The van der Waals surface area contributed by atoms with Crippen molar-refractivity contribution < 1.29 is 18.3 Å². The fraction of sp³-hybridized carbons (Fsp3) is 0.350. The van der Waals surface area contributed by atoms with E-state index < -0.39 is 6.61 Å². The van der Waals surface area contributed by atoms with E-state index in [-0.39, 0.29) is 29.4 Å². The summed E-state index contributed by atoms with van der Waals surface area (Å²) in [6, 6.07) is 16.0. The highest BCUT2D eigenvalue weighted by Gasteiger charge is 2.30. The molecular weight excluding hydrogens is 352 g/mol. The topological polar surface area (TPSA) is 53.6 Å². The number of rotatable bonds is 7. The highest BCUT2D eigenvalue weighted by molar-refractivity contribution is 5.95. The summed E-state index contributed by atoms with van der Waals surface area (Å²) in [6.07, 6.45) is 0.928.